The van der Waals surface area contributed by atoms with Crippen LogP contribution in [0.2, 0.25) is 0 Å². The summed E-state index contributed by atoms with van der Waals surface area (Å²) in [5.74, 6) is -3.08. The Bertz CT molecular complexity index is 742. The lowest BCUT2D eigenvalue weighted by atomic mass is 9.81. The zero-order chi connectivity index (χ0) is 26.1. The molecule has 0 aromatic heterocycles. The molecule has 1 aliphatic rings. The maximum absolute atomic E-state index is 12.8. The number of hydrogen-bond donors (Lipinski definition) is 5. The van der Waals surface area contributed by atoms with Crippen molar-refractivity contribution in [2.24, 2.45) is 23.5 Å². The number of carbonyl (C=O) groups is 5. The number of rotatable bonds is 11. The van der Waals surface area contributed by atoms with Gasteiger partial charge in [-0.25, -0.2) is 9.59 Å². The Morgan fingerprint density at radius 2 is 1.65 bits per heavy atom. The van der Waals surface area contributed by atoms with E-state index in [1.54, 1.807) is 20.8 Å². The molecule has 0 radical (unpaired) electrons. The molecule has 1 fully saturated rings. The van der Waals surface area contributed by atoms with Crippen molar-refractivity contribution in [2.75, 3.05) is 6.54 Å². The number of nitrogens with two attached hydrogens (primary N) is 1. The van der Waals surface area contributed by atoms with E-state index in [4.69, 9.17) is 15.6 Å². The minimum atomic E-state index is -1.34. The number of hydrogen-bond acceptors (Lipinski definition) is 6. The molecule has 34 heavy (non-hydrogen) atoms. The number of carboxylic acids is 1. The SMILES string of the molecule is CCC(C)[C@H](NC(=O)OC(C)(C)C)C(=O)NCC1CCC(C(=O)N[C@H](CC(N)=O)C(=O)O)CC1. The van der Waals surface area contributed by atoms with Crippen molar-refractivity contribution in [3.8, 4) is 0 Å². The minimum Gasteiger partial charge on any atom is -0.480 e. The van der Waals surface area contributed by atoms with E-state index in [1.165, 1.54) is 0 Å². The molecule has 0 saturated heterocycles. The van der Waals surface area contributed by atoms with Gasteiger partial charge >= 0.3 is 12.1 Å². The molecule has 1 unspecified atom stereocenters. The van der Waals surface area contributed by atoms with Gasteiger partial charge < -0.3 is 31.5 Å². The quantitative estimate of drug-likeness (QED) is 0.293. The number of aliphatic carboxylic acids is 1. The molecule has 1 saturated carbocycles. The number of primary amides is 1. The predicted octanol–water partition coefficient (Wildman–Crippen LogP) is 1.29. The summed E-state index contributed by atoms with van der Waals surface area (Å²) in [4.78, 5) is 59.6. The molecular weight excluding hydrogens is 444 g/mol. The standard InChI is InChI=1S/C23H40N4O7/c1-6-13(2)18(27-22(33)34-23(3,4)5)20(30)25-12-14-7-9-15(10-8-14)19(29)26-16(21(31)32)11-17(24)28/h13-16,18H,6-12H2,1-5H3,(H2,24,28)(H,25,30)(H,26,29)(H,27,33)(H,31,32)/t13?,14?,15?,16-,18+/m1/s1. The Balaban J connectivity index is 2.55. The first-order chi connectivity index (χ1) is 15.7. The molecule has 0 aromatic rings. The summed E-state index contributed by atoms with van der Waals surface area (Å²) in [7, 11) is 0. The van der Waals surface area contributed by atoms with Crippen LogP contribution in [0, 0.1) is 17.8 Å². The Morgan fingerprint density at radius 1 is 1.06 bits per heavy atom. The zero-order valence-electron chi connectivity index (χ0n) is 20.8. The molecule has 4 amide bonds. The second-order valence-electron chi connectivity index (χ2n) is 10.0. The molecular formula is C23H40N4O7. The average Bonchev–Trinajstić information content (AvgIpc) is 2.73. The van der Waals surface area contributed by atoms with E-state index < -0.39 is 48.0 Å². The van der Waals surface area contributed by atoms with Crippen molar-refractivity contribution < 1.29 is 33.8 Å². The van der Waals surface area contributed by atoms with Crippen LogP contribution < -0.4 is 21.7 Å². The van der Waals surface area contributed by atoms with E-state index in [0.717, 1.165) is 0 Å². The molecule has 3 atom stereocenters. The van der Waals surface area contributed by atoms with Gasteiger partial charge in [-0.05, 0) is 58.3 Å². The summed E-state index contributed by atoms with van der Waals surface area (Å²) in [6.45, 7) is 9.49. The van der Waals surface area contributed by atoms with Gasteiger partial charge in [-0.2, -0.15) is 0 Å². The van der Waals surface area contributed by atoms with E-state index in [9.17, 15) is 24.0 Å². The minimum absolute atomic E-state index is 0.0884. The first-order valence-electron chi connectivity index (χ1n) is 11.8. The van der Waals surface area contributed by atoms with Crippen LogP contribution in [0.3, 0.4) is 0 Å². The highest BCUT2D eigenvalue weighted by Gasteiger charge is 2.32. The van der Waals surface area contributed by atoms with Crippen LogP contribution in [0.4, 0.5) is 4.79 Å². The number of ether oxygens (including phenoxy) is 1. The van der Waals surface area contributed by atoms with Crippen LogP contribution in [-0.4, -0.2) is 59.1 Å². The maximum atomic E-state index is 12.8. The molecule has 0 aliphatic heterocycles. The Morgan fingerprint density at radius 3 is 2.12 bits per heavy atom. The fourth-order valence-electron chi connectivity index (χ4n) is 3.81. The smallest absolute Gasteiger partial charge is 0.408 e. The number of carbonyl (C=O) groups excluding carboxylic acids is 4. The van der Waals surface area contributed by atoms with Crippen molar-refractivity contribution in [2.45, 2.75) is 90.8 Å². The normalized spacial score (nSPS) is 20.9. The van der Waals surface area contributed by atoms with Gasteiger partial charge in [0.05, 0.1) is 6.42 Å². The maximum Gasteiger partial charge on any atom is 0.408 e. The summed E-state index contributed by atoms with van der Waals surface area (Å²) in [5, 5.41) is 17.1. The van der Waals surface area contributed by atoms with Crippen molar-refractivity contribution in [3.05, 3.63) is 0 Å². The summed E-state index contributed by atoms with van der Waals surface area (Å²) in [5.41, 5.74) is 4.37. The zero-order valence-corrected chi connectivity index (χ0v) is 20.8. The van der Waals surface area contributed by atoms with Crippen LogP contribution in [0.15, 0.2) is 0 Å². The van der Waals surface area contributed by atoms with E-state index in [0.29, 0.717) is 38.6 Å². The lowest BCUT2D eigenvalue weighted by Crippen LogP contribution is -2.52. The third-order valence-electron chi connectivity index (χ3n) is 5.97. The fourth-order valence-corrected chi connectivity index (χ4v) is 3.81. The molecule has 0 bridgehead atoms. The largest absolute Gasteiger partial charge is 0.480 e. The summed E-state index contributed by atoms with van der Waals surface area (Å²) in [6, 6.07) is -2.06. The van der Waals surface area contributed by atoms with Crippen molar-refractivity contribution in [1.82, 2.24) is 16.0 Å². The van der Waals surface area contributed by atoms with Gasteiger partial charge in [-0.3, -0.25) is 14.4 Å². The van der Waals surface area contributed by atoms with Crippen LogP contribution in [0.1, 0.15) is 73.1 Å². The molecule has 1 rings (SSSR count). The molecule has 11 heteroatoms. The molecule has 1 aliphatic carbocycles. The monoisotopic (exact) mass is 484 g/mol. The number of nitrogens with one attached hydrogen (secondary N) is 3. The Labute approximate surface area is 200 Å². The van der Waals surface area contributed by atoms with Crippen molar-refractivity contribution in [1.29, 1.82) is 0 Å². The molecule has 194 valence electrons. The van der Waals surface area contributed by atoms with Crippen LogP contribution in [-0.2, 0) is 23.9 Å². The van der Waals surface area contributed by atoms with Crippen LogP contribution in [0.5, 0.6) is 0 Å². The second-order valence-corrected chi connectivity index (χ2v) is 10.0. The lowest BCUT2D eigenvalue weighted by Gasteiger charge is -2.30. The van der Waals surface area contributed by atoms with Gasteiger partial charge in [0.1, 0.15) is 17.7 Å². The summed E-state index contributed by atoms with van der Waals surface area (Å²) >= 11 is 0. The third-order valence-corrected chi connectivity index (χ3v) is 5.97. The first kappa shape index (κ1) is 29.2. The van der Waals surface area contributed by atoms with E-state index in [1.807, 2.05) is 13.8 Å². The molecule has 11 nitrogen and oxygen atoms in total. The highest BCUT2D eigenvalue weighted by atomic mass is 16.6. The predicted molar refractivity (Wildman–Crippen MR) is 124 cm³/mol. The highest BCUT2D eigenvalue weighted by molar-refractivity contribution is 5.89. The summed E-state index contributed by atoms with van der Waals surface area (Å²) < 4.78 is 5.27. The molecule has 0 spiro atoms. The number of amides is 4. The van der Waals surface area contributed by atoms with Crippen LogP contribution >= 0.6 is 0 Å². The number of alkyl carbamates (subject to hydrolysis) is 1. The van der Waals surface area contributed by atoms with Gasteiger partial charge in [0, 0.05) is 12.5 Å². The molecule has 6 N–H and O–H groups in total. The Kier molecular flexibility index (Phi) is 11.3. The fraction of sp³-hybridized carbons (Fsp3) is 0.783. The van der Waals surface area contributed by atoms with Gasteiger partial charge in [0.2, 0.25) is 17.7 Å². The lowest BCUT2D eigenvalue weighted by molar-refractivity contribution is -0.144. The molecule has 0 heterocycles. The van der Waals surface area contributed by atoms with Gasteiger partial charge in [-0.1, -0.05) is 20.3 Å². The van der Waals surface area contributed by atoms with Crippen molar-refractivity contribution >= 4 is 29.8 Å². The number of carboxylic acid groups (broad SMARTS) is 1. The van der Waals surface area contributed by atoms with Gasteiger partial charge in [0.25, 0.3) is 0 Å². The van der Waals surface area contributed by atoms with Crippen molar-refractivity contribution in [3.63, 3.8) is 0 Å². The average molecular weight is 485 g/mol. The highest BCUT2D eigenvalue weighted by Crippen LogP contribution is 2.28. The molecule has 0 aromatic carbocycles. The van der Waals surface area contributed by atoms with Gasteiger partial charge in [0.15, 0.2) is 0 Å². The second kappa shape index (κ2) is 13.1. The third kappa shape index (κ3) is 10.4. The van der Waals surface area contributed by atoms with E-state index in [2.05, 4.69) is 16.0 Å². The summed E-state index contributed by atoms with van der Waals surface area (Å²) in [6.07, 6.45) is 2.04. The van der Waals surface area contributed by atoms with Crippen LogP contribution in [0.25, 0.3) is 0 Å². The van der Waals surface area contributed by atoms with E-state index in [-0.39, 0.29) is 23.7 Å². The van der Waals surface area contributed by atoms with Gasteiger partial charge in [-0.15, -0.1) is 0 Å². The topological polar surface area (TPSA) is 177 Å². The first-order valence-corrected chi connectivity index (χ1v) is 11.8. The van der Waals surface area contributed by atoms with E-state index >= 15 is 0 Å². The Hall–Kier alpha value is -2.85.